The minimum Gasteiger partial charge on any atom is -0.481 e. The number of carboxylic acids is 1. The molecule has 0 aromatic carbocycles. The zero-order valence-corrected chi connectivity index (χ0v) is 13.5. The monoisotopic (exact) mass is 340 g/mol. The summed E-state index contributed by atoms with van der Waals surface area (Å²) < 4.78 is 27.5. The summed E-state index contributed by atoms with van der Waals surface area (Å²) in [7, 11) is -3.77. The number of hydrogen-bond acceptors (Lipinski definition) is 5. The van der Waals surface area contributed by atoms with Crippen molar-refractivity contribution in [2.45, 2.75) is 30.0 Å². The molecule has 6 nitrogen and oxygen atoms in total. The average molecular weight is 340 g/mol. The minimum absolute atomic E-state index is 0.184. The summed E-state index contributed by atoms with van der Waals surface area (Å²) in [6.45, 7) is 1.94. The van der Waals surface area contributed by atoms with Crippen molar-refractivity contribution in [2.24, 2.45) is 0 Å². The zero-order valence-electron chi connectivity index (χ0n) is 11.9. The molecule has 0 unspecified atom stereocenters. The normalized spacial score (nSPS) is 13.0. The number of nitrogens with one attached hydrogen (secondary N) is 1. The van der Waals surface area contributed by atoms with E-state index in [1.54, 1.807) is 24.4 Å². The minimum atomic E-state index is -3.77. The molecule has 0 aliphatic carbocycles. The van der Waals surface area contributed by atoms with E-state index in [4.69, 9.17) is 5.11 Å². The van der Waals surface area contributed by atoms with Crippen LogP contribution in [0.2, 0.25) is 0 Å². The van der Waals surface area contributed by atoms with Crippen LogP contribution in [0.3, 0.4) is 0 Å². The molecule has 2 aromatic heterocycles. The van der Waals surface area contributed by atoms with E-state index in [1.165, 1.54) is 23.6 Å². The molecule has 8 heteroatoms. The highest BCUT2D eigenvalue weighted by Gasteiger charge is 2.24. The van der Waals surface area contributed by atoms with Crippen LogP contribution < -0.4 is 4.72 Å². The van der Waals surface area contributed by atoms with Gasteiger partial charge in [0.1, 0.15) is 4.21 Å². The molecule has 0 aliphatic rings. The molecule has 22 heavy (non-hydrogen) atoms. The molecule has 0 bridgehead atoms. The predicted molar refractivity (Wildman–Crippen MR) is 83.2 cm³/mol. The van der Waals surface area contributed by atoms with Crippen LogP contribution in [0.15, 0.2) is 40.9 Å². The van der Waals surface area contributed by atoms with Crippen molar-refractivity contribution in [3.8, 4) is 0 Å². The maximum Gasteiger partial charge on any atom is 0.305 e. The Morgan fingerprint density at radius 2 is 2.18 bits per heavy atom. The molecule has 0 saturated carbocycles. The fourth-order valence-electron chi connectivity index (χ4n) is 1.92. The zero-order chi connectivity index (χ0) is 16.2. The highest BCUT2D eigenvalue weighted by Crippen LogP contribution is 2.25. The van der Waals surface area contributed by atoms with Crippen molar-refractivity contribution in [1.82, 2.24) is 9.71 Å². The van der Waals surface area contributed by atoms with Gasteiger partial charge in [-0.05, 0) is 30.2 Å². The van der Waals surface area contributed by atoms with Crippen LogP contribution in [-0.4, -0.2) is 24.5 Å². The van der Waals surface area contributed by atoms with Gasteiger partial charge in [-0.3, -0.25) is 9.78 Å². The van der Waals surface area contributed by atoms with Gasteiger partial charge in [-0.1, -0.05) is 13.0 Å². The number of pyridine rings is 1. The van der Waals surface area contributed by atoms with Crippen LogP contribution >= 0.6 is 11.3 Å². The van der Waals surface area contributed by atoms with E-state index in [-0.39, 0.29) is 10.6 Å². The second-order valence-electron chi connectivity index (χ2n) is 4.63. The molecule has 0 aliphatic heterocycles. The summed E-state index contributed by atoms with van der Waals surface area (Å²) >= 11 is 1.18. The summed E-state index contributed by atoms with van der Waals surface area (Å²) in [5.41, 5.74) is 0.515. The van der Waals surface area contributed by atoms with Gasteiger partial charge in [0.2, 0.25) is 0 Å². The number of aliphatic carboxylic acids is 1. The number of nitrogens with zero attached hydrogens (tertiary/aromatic N) is 1. The number of rotatable bonds is 7. The van der Waals surface area contributed by atoms with Gasteiger partial charge in [0.15, 0.2) is 0 Å². The van der Waals surface area contributed by atoms with E-state index >= 15 is 0 Å². The van der Waals surface area contributed by atoms with Crippen molar-refractivity contribution < 1.29 is 18.3 Å². The quantitative estimate of drug-likeness (QED) is 0.805. The molecule has 0 amide bonds. The van der Waals surface area contributed by atoms with E-state index in [2.05, 4.69) is 9.71 Å². The topological polar surface area (TPSA) is 96.4 Å². The summed E-state index contributed by atoms with van der Waals surface area (Å²) in [6, 6.07) is 5.72. The highest BCUT2D eigenvalue weighted by molar-refractivity contribution is 7.91. The Hall–Kier alpha value is -1.77. The summed E-state index contributed by atoms with van der Waals surface area (Å²) in [4.78, 5) is 15.9. The number of carboxylic acid groups (broad SMARTS) is 1. The Bertz CT molecular complexity index is 741. The molecule has 0 fully saturated rings. The van der Waals surface area contributed by atoms with Crippen molar-refractivity contribution in [3.63, 3.8) is 0 Å². The molecule has 0 saturated heterocycles. The van der Waals surface area contributed by atoms with Crippen LogP contribution in [0.1, 0.15) is 29.8 Å². The fourth-order valence-corrected chi connectivity index (χ4v) is 4.46. The van der Waals surface area contributed by atoms with Crippen LogP contribution in [0.25, 0.3) is 0 Å². The molecule has 2 aromatic rings. The Balaban J connectivity index is 2.27. The number of aryl methyl sites for hydroxylation is 1. The number of carbonyl (C=O) groups is 1. The Morgan fingerprint density at radius 1 is 1.41 bits per heavy atom. The maximum atomic E-state index is 12.4. The van der Waals surface area contributed by atoms with E-state index in [1.807, 2.05) is 6.92 Å². The first-order chi connectivity index (χ1) is 10.4. The molecule has 1 atom stereocenters. The van der Waals surface area contributed by atoms with E-state index in [0.29, 0.717) is 5.56 Å². The lowest BCUT2D eigenvalue weighted by atomic mass is 10.1. The first-order valence-corrected chi connectivity index (χ1v) is 8.95. The fraction of sp³-hybridized carbons (Fsp3) is 0.286. The number of aromatic nitrogens is 1. The molecule has 2 rings (SSSR count). The van der Waals surface area contributed by atoms with Gasteiger partial charge in [-0.15, -0.1) is 11.3 Å². The van der Waals surface area contributed by atoms with Gasteiger partial charge in [-0.2, -0.15) is 0 Å². The molecule has 0 radical (unpaired) electrons. The second-order valence-corrected chi connectivity index (χ2v) is 7.74. The Labute approximate surface area is 132 Å². The standard InChI is InChI=1S/C14H16N2O4S2/c1-2-11-5-6-14(21-11)22(19,20)16-12(8-13(17)18)10-4-3-7-15-9-10/h3-7,9,12,16H,2,8H2,1H3,(H,17,18)/t12-/m1/s1. The number of sulfonamides is 1. The first-order valence-electron chi connectivity index (χ1n) is 6.65. The molecule has 2 N–H and O–H groups in total. The van der Waals surface area contributed by atoms with Crippen molar-refractivity contribution in [1.29, 1.82) is 0 Å². The Kier molecular flexibility index (Phi) is 5.28. The predicted octanol–water partition coefficient (Wildman–Crippen LogP) is 2.20. The van der Waals surface area contributed by atoms with Gasteiger partial charge < -0.3 is 5.11 Å². The average Bonchev–Trinajstić information content (AvgIpc) is 2.96. The smallest absolute Gasteiger partial charge is 0.305 e. The molecule has 0 spiro atoms. The van der Waals surface area contributed by atoms with Gasteiger partial charge in [0.05, 0.1) is 12.5 Å². The van der Waals surface area contributed by atoms with Crippen LogP contribution in [0.5, 0.6) is 0 Å². The van der Waals surface area contributed by atoms with Gasteiger partial charge >= 0.3 is 5.97 Å². The molecular formula is C14H16N2O4S2. The van der Waals surface area contributed by atoms with E-state index < -0.39 is 22.0 Å². The number of hydrogen-bond donors (Lipinski definition) is 2. The lowest BCUT2D eigenvalue weighted by Crippen LogP contribution is -2.29. The van der Waals surface area contributed by atoms with Crippen LogP contribution in [0, 0.1) is 0 Å². The second kappa shape index (κ2) is 6.99. The van der Waals surface area contributed by atoms with Gasteiger partial charge in [0, 0.05) is 17.3 Å². The maximum absolute atomic E-state index is 12.4. The van der Waals surface area contributed by atoms with Crippen molar-refractivity contribution in [3.05, 3.63) is 47.1 Å². The Morgan fingerprint density at radius 3 is 2.73 bits per heavy atom. The first kappa shape index (κ1) is 16.6. The molecule has 118 valence electrons. The van der Waals surface area contributed by atoms with Crippen LogP contribution in [-0.2, 0) is 21.2 Å². The van der Waals surface area contributed by atoms with Crippen LogP contribution in [0.4, 0.5) is 0 Å². The van der Waals surface area contributed by atoms with E-state index in [0.717, 1.165) is 11.3 Å². The third-order valence-corrected chi connectivity index (χ3v) is 6.21. The lowest BCUT2D eigenvalue weighted by Gasteiger charge is -2.16. The van der Waals surface area contributed by atoms with Crippen molar-refractivity contribution in [2.75, 3.05) is 0 Å². The molecular weight excluding hydrogens is 324 g/mol. The van der Waals surface area contributed by atoms with Crippen molar-refractivity contribution >= 4 is 27.3 Å². The summed E-state index contributed by atoms with van der Waals surface area (Å²) in [5.74, 6) is -1.09. The third-order valence-electron chi connectivity index (χ3n) is 3.01. The third kappa shape index (κ3) is 4.12. The lowest BCUT2D eigenvalue weighted by molar-refractivity contribution is -0.137. The van der Waals surface area contributed by atoms with Gasteiger partial charge in [0.25, 0.3) is 10.0 Å². The van der Waals surface area contributed by atoms with Gasteiger partial charge in [-0.25, -0.2) is 13.1 Å². The SMILES string of the molecule is CCc1ccc(S(=O)(=O)N[C@H](CC(=O)O)c2cccnc2)s1. The summed E-state index contributed by atoms with van der Waals surface area (Å²) in [6.07, 6.45) is 3.41. The van der Waals surface area contributed by atoms with E-state index in [9.17, 15) is 13.2 Å². The summed E-state index contributed by atoms with van der Waals surface area (Å²) in [5, 5.41) is 9.00. The molecule has 2 heterocycles. The number of thiophene rings is 1. The largest absolute Gasteiger partial charge is 0.481 e. The highest BCUT2D eigenvalue weighted by atomic mass is 32.2.